The van der Waals surface area contributed by atoms with Gasteiger partial charge >= 0.3 is 0 Å². The number of rotatable bonds is 3. The Hall–Kier alpha value is -2.32. The SMILES string of the molecule is CCSC1=NN2C(=c3ccccc3=NC2c2cc(OC)ccc2Br)C(=O)N1. The van der Waals surface area contributed by atoms with E-state index in [0.717, 1.165) is 32.1 Å². The summed E-state index contributed by atoms with van der Waals surface area (Å²) in [7, 11) is 1.63. The van der Waals surface area contributed by atoms with E-state index in [9.17, 15) is 4.79 Å². The third kappa shape index (κ3) is 3.23. The second-order valence-electron chi connectivity index (χ2n) is 5.89. The van der Waals surface area contributed by atoms with Crippen LogP contribution in [0.5, 0.6) is 5.75 Å². The lowest BCUT2D eigenvalue weighted by atomic mass is 10.1. The second-order valence-corrected chi connectivity index (χ2v) is 8.00. The molecule has 2 aliphatic rings. The quantitative estimate of drug-likeness (QED) is 0.788. The van der Waals surface area contributed by atoms with Crippen LogP contribution in [-0.2, 0) is 4.79 Å². The number of carbonyl (C=O) groups excluding carboxylic acids is 1. The predicted octanol–water partition coefficient (Wildman–Crippen LogP) is 2.35. The molecule has 0 saturated heterocycles. The molecule has 0 aliphatic carbocycles. The van der Waals surface area contributed by atoms with Crippen LogP contribution in [0.1, 0.15) is 18.7 Å². The lowest BCUT2D eigenvalue weighted by Crippen LogP contribution is -2.50. The predicted molar refractivity (Wildman–Crippen MR) is 110 cm³/mol. The van der Waals surface area contributed by atoms with Gasteiger partial charge in [-0.25, -0.2) is 5.01 Å². The van der Waals surface area contributed by atoms with Crippen LogP contribution >= 0.6 is 27.7 Å². The van der Waals surface area contributed by atoms with Gasteiger partial charge in [-0.15, -0.1) is 5.10 Å². The summed E-state index contributed by atoms with van der Waals surface area (Å²) in [5.41, 5.74) is 1.38. The number of para-hydroxylation sites is 1. The first-order valence-corrected chi connectivity index (χ1v) is 10.2. The van der Waals surface area contributed by atoms with Crippen LogP contribution in [0.15, 0.2) is 57.0 Å². The number of thioether (sulfide) groups is 1. The summed E-state index contributed by atoms with van der Waals surface area (Å²) in [6.45, 7) is 2.02. The fraction of sp³-hybridized carbons (Fsp3) is 0.211. The van der Waals surface area contributed by atoms with Crippen LogP contribution in [-0.4, -0.2) is 28.9 Å². The smallest absolute Gasteiger partial charge is 0.276 e. The van der Waals surface area contributed by atoms with Crippen molar-refractivity contribution in [3.63, 3.8) is 0 Å². The summed E-state index contributed by atoms with van der Waals surface area (Å²) in [4.78, 5) is 17.8. The average Bonchev–Trinajstić information content (AvgIpc) is 2.68. The Labute approximate surface area is 169 Å². The molecule has 1 amide bonds. The van der Waals surface area contributed by atoms with Gasteiger partial charge in [0.1, 0.15) is 11.4 Å². The number of hydrogen-bond donors (Lipinski definition) is 1. The van der Waals surface area contributed by atoms with Crippen molar-refractivity contribution in [1.29, 1.82) is 0 Å². The van der Waals surface area contributed by atoms with Crippen molar-refractivity contribution in [2.75, 3.05) is 12.9 Å². The Morgan fingerprint density at radius 2 is 2.11 bits per heavy atom. The van der Waals surface area contributed by atoms with Crippen LogP contribution in [0, 0.1) is 0 Å². The Morgan fingerprint density at radius 1 is 1.30 bits per heavy atom. The molecular formula is C19H17BrN4O2S. The van der Waals surface area contributed by atoms with E-state index in [1.807, 2.05) is 49.4 Å². The number of fused-ring (bicyclic) bond motifs is 2. The molecule has 0 saturated carbocycles. The number of ether oxygens (including phenoxy) is 1. The van der Waals surface area contributed by atoms with Crippen molar-refractivity contribution < 1.29 is 9.53 Å². The van der Waals surface area contributed by atoms with Crippen molar-refractivity contribution in [1.82, 2.24) is 10.3 Å². The summed E-state index contributed by atoms with van der Waals surface area (Å²) >= 11 is 5.09. The minimum atomic E-state index is -0.474. The standard InChI is InChI=1S/C19H17BrN4O2S/c1-3-27-19-22-18(25)16-12-6-4-5-7-15(12)21-17(24(16)23-19)13-10-11(26-2)8-9-14(13)20/h4-10,17H,3H2,1-2H3,(H,22,23,25). The summed E-state index contributed by atoms with van der Waals surface area (Å²) in [5, 5.41) is 11.4. The molecular weight excluding hydrogens is 428 g/mol. The van der Waals surface area contributed by atoms with Gasteiger partial charge in [0.25, 0.3) is 5.91 Å². The molecule has 138 valence electrons. The minimum absolute atomic E-state index is 0.174. The average molecular weight is 445 g/mol. The largest absolute Gasteiger partial charge is 0.497 e. The number of benzene rings is 2. The summed E-state index contributed by atoms with van der Waals surface area (Å²) < 4.78 is 6.26. The molecule has 6 nitrogen and oxygen atoms in total. The van der Waals surface area contributed by atoms with Gasteiger partial charge in [0.05, 0.1) is 12.5 Å². The zero-order valence-corrected chi connectivity index (χ0v) is 17.2. The Balaban J connectivity index is 1.97. The van der Waals surface area contributed by atoms with Gasteiger partial charge in [-0.3, -0.25) is 15.1 Å². The van der Waals surface area contributed by atoms with Gasteiger partial charge in [-0.05, 0) is 30.0 Å². The van der Waals surface area contributed by atoms with E-state index in [1.165, 1.54) is 11.8 Å². The Kier molecular flexibility index (Phi) is 4.92. The molecule has 0 bridgehead atoms. The van der Waals surface area contributed by atoms with E-state index in [4.69, 9.17) is 9.73 Å². The Morgan fingerprint density at radius 3 is 2.89 bits per heavy atom. The molecule has 2 aromatic rings. The first kappa shape index (κ1) is 18.1. The lowest BCUT2D eigenvalue weighted by Gasteiger charge is -2.34. The summed E-state index contributed by atoms with van der Waals surface area (Å²) in [5.74, 6) is 1.36. The zero-order chi connectivity index (χ0) is 19.0. The van der Waals surface area contributed by atoms with Crippen LogP contribution in [0.3, 0.4) is 0 Å². The van der Waals surface area contributed by atoms with Crippen LogP contribution in [0.2, 0.25) is 0 Å². The maximum absolute atomic E-state index is 12.9. The molecule has 1 atom stereocenters. The maximum atomic E-state index is 12.9. The van der Waals surface area contributed by atoms with E-state index in [2.05, 4.69) is 26.3 Å². The third-order valence-corrected chi connectivity index (χ3v) is 5.75. The Bertz CT molecular complexity index is 1070. The molecule has 8 heteroatoms. The fourth-order valence-electron chi connectivity index (χ4n) is 3.08. The molecule has 1 unspecified atom stereocenters. The molecule has 2 aliphatic heterocycles. The minimum Gasteiger partial charge on any atom is -0.497 e. The van der Waals surface area contributed by atoms with Crippen LogP contribution in [0.25, 0.3) is 5.70 Å². The fourth-order valence-corrected chi connectivity index (χ4v) is 4.11. The van der Waals surface area contributed by atoms with Gasteiger partial charge < -0.3 is 4.74 Å². The van der Waals surface area contributed by atoms with E-state index < -0.39 is 6.17 Å². The molecule has 0 aromatic heterocycles. The van der Waals surface area contributed by atoms with Crippen LogP contribution < -0.4 is 20.6 Å². The van der Waals surface area contributed by atoms with Crippen molar-refractivity contribution >= 4 is 44.5 Å². The second kappa shape index (κ2) is 7.36. The number of nitrogens with one attached hydrogen (secondary N) is 1. The number of amides is 1. The number of carbonyl (C=O) groups is 1. The number of hydrogen-bond acceptors (Lipinski definition) is 6. The molecule has 27 heavy (non-hydrogen) atoms. The highest BCUT2D eigenvalue weighted by Gasteiger charge is 2.35. The van der Waals surface area contributed by atoms with Crippen molar-refractivity contribution in [2.24, 2.45) is 10.1 Å². The maximum Gasteiger partial charge on any atom is 0.276 e. The monoisotopic (exact) mass is 444 g/mol. The number of methoxy groups -OCH3 is 1. The van der Waals surface area contributed by atoms with Gasteiger partial charge in [0.2, 0.25) is 0 Å². The lowest BCUT2D eigenvalue weighted by molar-refractivity contribution is -0.116. The highest BCUT2D eigenvalue weighted by Crippen LogP contribution is 2.36. The molecule has 0 spiro atoms. The van der Waals surface area contributed by atoms with Crippen molar-refractivity contribution in [3.05, 3.63) is 63.1 Å². The molecule has 0 radical (unpaired) electrons. The zero-order valence-electron chi connectivity index (χ0n) is 14.8. The summed E-state index contributed by atoms with van der Waals surface area (Å²) in [6, 6.07) is 13.3. The molecule has 0 fully saturated rings. The molecule has 2 heterocycles. The van der Waals surface area contributed by atoms with Gasteiger partial charge in [-0.1, -0.05) is 52.8 Å². The number of hydrazone groups is 1. The van der Waals surface area contributed by atoms with E-state index in [0.29, 0.717) is 10.9 Å². The molecule has 1 N–H and O–H groups in total. The topological polar surface area (TPSA) is 66.3 Å². The third-order valence-electron chi connectivity index (χ3n) is 4.28. The van der Waals surface area contributed by atoms with Gasteiger partial charge in [0.15, 0.2) is 11.3 Å². The van der Waals surface area contributed by atoms with Gasteiger partial charge in [-0.2, -0.15) is 0 Å². The molecule has 2 aromatic carbocycles. The highest BCUT2D eigenvalue weighted by molar-refractivity contribution is 9.10. The normalized spacial score (nSPS) is 18.1. The summed E-state index contributed by atoms with van der Waals surface area (Å²) in [6.07, 6.45) is -0.474. The van der Waals surface area contributed by atoms with E-state index in [-0.39, 0.29) is 5.91 Å². The molecule has 4 rings (SSSR count). The van der Waals surface area contributed by atoms with Crippen molar-refractivity contribution in [3.8, 4) is 5.75 Å². The number of halogens is 1. The number of nitrogens with zero attached hydrogens (tertiary/aromatic N) is 3. The van der Waals surface area contributed by atoms with E-state index >= 15 is 0 Å². The first-order chi connectivity index (χ1) is 13.1. The number of amidine groups is 1. The first-order valence-electron chi connectivity index (χ1n) is 8.45. The van der Waals surface area contributed by atoms with E-state index in [1.54, 1.807) is 12.1 Å². The highest BCUT2D eigenvalue weighted by atomic mass is 79.9. The van der Waals surface area contributed by atoms with Crippen molar-refractivity contribution in [2.45, 2.75) is 13.1 Å². The van der Waals surface area contributed by atoms with Crippen LogP contribution in [0.4, 0.5) is 0 Å². The van der Waals surface area contributed by atoms with Gasteiger partial charge in [0, 0.05) is 15.3 Å².